The minimum Gasteiger partial charge on any atom is -0.307 e. The molecule has 2 rings (SSSR count). The number of aryl methyl sites for hydroxylation is 1. The SMILES string of the molecule is Cc1cccc2c1SCC2NC(C)C. The first-order chi connectivity index (χ1) is 6.68. The van der Waals surface area contributed by atoms with Gasteiger partial charge in [-0.2, -0.15) is 0 Å². The van der Waals surface area contributed by atoms with E-state index in [1.165, 1.54) is 21.8 Å². The molecule has 0 spiro atoms. The predicted octanol–water partition coefficient (Wildman–Crippen LogP) is 3.14. The molecule has 1 N–H and O–H groups in total. The minimum atomic E-state index is 0.551. The van der Waals surface area contributed by atoms with Crippen LogP contribution in [0, 0.1) is 6.92 Å². The van der Waals surface area contributed by atoms with E-state index in [4.69, 9.17) is 0 Å². The number of hydrogen-bond acceptors (Lipinski definition) is 2. The van der Waals surface area contributed by atoms with Crippen molar-refractivity contribution in [3.63, 3.8) is 0 Å². The van der Waals surface area contributed by atoms with Crippen molar-refractivity contribution in [3.8, 4) is 0 Å². The molecule has 0 fully saturated rings. The van der Waals surface area contributed by atoms with Gasteiger partial charge in [-0.15, -0.1) is 11.8 Å². The Bertz CT molecular complexity index is 333. The lowest BCUT2D eigenvalue weighted by Gasteiger charge is -2.16. The van der Waals surface area contributed by atoms with E-state index in [0.29, 0.717) is 12.1 Å². The van der Waals surface area contributed by atoms with Crippen LogP contribution in [0.3, 0.4) is 0 Å². The average molecular weight is 207 g/mol. The third-order valence-corrected chi connectivity index (χ3v) is 3.89. The van der Waals surface area contributed by atoms with Gasteiger partial charge in [-0.05, 0) is 18.1 Å². The number of nitrogens with one attached hydrogen (secondary N) is 1. The molecule has 0 bridgehead atoms. The van der Waals surface area contributed by atoms with Crippen LogP contribution < -0.4 is 5.32 Å². The summed E-state index contributed by atoms with van der Waals surface area (Å²) in [5.74, 6) is 1.18. The van der Waals surface area contributed by atoms with E-state index in [1.807, 2.05) is 11.8 Å². The third kappa shape index (κ3) is 1.82. The Morgan fingerprint density at radius 2 is 2.21 bits per heavy atom. The predicted molar refractivity (Wildman–Crippen MR) is 62.9 cm³/mol. The van der Waals surface area contributed by atoms with Crippen molar-refractivity contribution in [2.75, 3.05) is 5.75 Å². The minimum absolute atomic E-state index is 0.551. The Kier molecular flexibility index (Phi) is 2.84. The zero-order valence-corrected chi connectivity index (χ0v) is 9.82. The molecular weight excluding hydrogens is 190 g/mol. The Balaban J connectivity index is 2.26. The normalized spacial score (nSPS) is 20.1. The van der Waals surface area contributed by atoms with Crippen molar-refractivity contribution in [2.24, 2.45) is 0 Å². The topological polar surface area (TPSA) is 12.0 Å². The van der Waals surface area contributed by atoms with Gasteiger partial charge in [0.1, 0.15) is 0 Å². The number of hydrogen-bond donors (Lipinski definition) is 1. The fourth-order valence-corrected chi connectivity index (χ4v) is 3.23. The molecule has 1 atom stereocenters. The van der Waals surface area contributed by atoms with Gasteiger partial charge >= 0.3 is 0 Å². The number of fused-ring (bicyclic) bond motifs is 1. The summed E-state index contributed by atoms with van der Waals surface area (Å²) < 4.78 is 0. The second kappa shape index (κ2) is 3.95. The highest BCUT2D eigenvalue weighted by Crippen LogP contribution is 2.40. The molecule has 0 radical (unpaired) electrons. The maximum Gasteiger partial charge on any atom is 0.0428 e. The van der Waals surface area contributed by atoms with Gasteiger partial charge in [0.2, 0.25) is 0 Å². The van der Waals surface area contributed by atoms with Crippen molar-refractivity contribution >= 4 is 11.8 Å². The molecule has 2 heteroatoms. The molecule has 0 aromatic heterocycles. The molecule has 1 aliphatic heterocycles. The summed E-state index contributed by atoms with van der Waals surface area (Å²) in [5, 5.41) is 3.60. The molecule has 1 aliphatic rings. The van der Waals surface area contributed by atoms with E-state index in [1.54, 1.807) is 0 Å². The highest BCUT2D eigenvalue weighted by molar-refractivity contribution is 7.99. The summed E-state index contributed by atoms with van der Waals surface area (Å²) in [4.78, 5) is 1.49. The zero-order chi connectivity index (χ0) is 10.1. The summed E-state index contributed by atoms with van der Waals surface area (Å²) in [6.45, 7) is 6.61. The summed E-state index contributed by atoms with van der Waals surface area (Å²) in [5.41, 5.74) is 2.91. The Morgan fingerprint density at radius 1 is 1.43 bits per heavy atom. The fourth-order valence-electron chi connectivity index (χ4n) is 1.94. The molecule has 1 nitrogen and oxygen atoms in total. The molecule has 1 unspecified atom stereocenters. The van der Waals surface area contributed by atoms with Crippen LogP contribution in [0.25, 0.3) is 0 Å². The largest absolute Gasteiger partial charge is 0.307 e. The summed E-state index contributed by atoms with van der Waals surface area (Å²) >= 11 is 1.98. The summed E-state index contributed by atoms with van der Waals surface area (Å²) in [7, 11) is 0. The average Bonchev–Trinajstić information content (AvgIpc) is 2.49. The number of benzene rings is 1. The van der Waals surface area contributed by atoms with E-state index in [0.717, 1.165) is 0 Å². The van der Waals surface area contributed by atoms with Crippen LogP contribution in [0.1, 0.15) is 31.0 Å². The van der Waals surface area contributed by atoms with Crippen LogP contribution >= 0.6 is 11.8 Å². The van der Waals surface area contributed by atoms with Crippen LogP contribution in [0.5, 0.6) is 0 Å². The monoisotopic (exact) mass is 207 g/mol. The molecule has 0 amide bonds. The summed E-state index contributed by atoms with van der Waals surface area (Å²) in [6.07, 6.45) is 0. The molecule has 1 aromatic rings. The lowest BCUT2D eigenvalue weighted by Crippen LogP contribution is -2.27. The molecule has 1 heterocycles. The number of thioether (sulfide) groups is 1. The van der Waals surface area contributed by atoms with Gasteiger partial charge in [-0.1, -0.05) is 32.0 Å². The van der Waals surface area contributed by atoms with Crippen molar-refractivity contribution < 1.29 is 0 Å². The van der Waals surface area contributed by atoms with Crippen molar-refractivity contribution in [1.29, 1.82) is 0 Å². The third-order valence-electron chi connectivity index (χ3n) is 2.55. The van der Waals surface area contributed by atoms with Gasteiger partial charge in [0.05, 0.1) is 0 Å². The molecular formula is C12H17NS. The molecule has 1 aromatic carbocycles. The second-order valence-electron chi connectivity index (χ2n) is 4.18. The van der Waals surface area contributed by atoms with E-state index < -0.39 is 0 Å². The highest BCUT2D eigenvalue weighted by Gasteiger charge is 2.24. The smallest absolute Gasteiger partial charge is 0.0428 e. The van der Waals surface area contributed by atoms with Gasteiger partial charge < -0.3 is 5.32 Å². The molecule has 0 saturated carbocycles. The molecule has 14 heavy (non-hydrogen) atoms. The van der Waals surface area contributed by atoms with Crippen molar-refractivity contribution in [3.05, 3.63) is 29.3 Å². The lowest BCUT2D eigenvalue weighted by molar-refractivity contribution is 0.513. The first-order valence-corrected chi connectivity index (χ1v) is 6.15. The van der Waals surface area contributed by atoms with Crippen LogP contribution in [0.15, 0.2) is 23.1 Å². The van der Waals surface area contributed by atoms with Gasteiger partial charge in [0.15, 0.2) is 0 Å². The van der Waals surface area contributed by atoms with E-state index in [-0.39, 0.29) is 0 Å². The van der Waals surface area contributed by atoms with Gasteiger partial charge in [0, 0.05) is 22.7 Å². The van der Waals surface area contributed by atoms with E-state index in [2.05, 4.69) is 44.3 Å². The first-order valence-electron chi connectivity index (χ1n) is 5.17. The van der Waals surface area contributed by atoms with Crippen molar-refractivity contribution in [1.82, 2.24) is 5.32 Å². The lowest BCUT2D eigenvalue weighted by atomic mass is 10.1. The van der Waals surface area contributed by atoms with Gasteiger partial charge in [-0.25, -0.2) is 0 Å². The fraction of sp³-hybridized carbons (Fsp3) is 0.500. The Labute approximate surface area is 90.3 Å². The molecule has 76 valence electrons. The molecule has 0 aliphatic carbocycles. The maximum absolute atomic E-state index is 3.60. The zero-order valence-electron chi connectivity index (χ0n) is 9.00. The standard InChI is InChI=1S/C12H17NS/c1-8(2)13-11-7-14-12-9(3)5-4-6-10(11)12/h4-6,8,11,13H,7H2,1-3H3. The second-order valence-corrected chi connectivity index (χ2v) is 5.21. The molecule has 0 saturated heterocycles. The van der Waals surface area contributed by atoms with Crippen LogP contribution in [-0.4, -0.2) is 11.8 Å². The highest BCUT2D eigenvalue weighted by atomic mass is 32.2. The van der Waals surface area contributed by atoms with Crippen LogP contribution in [0.2, 0.25) is 0 Å². The summed E-state index contributed by atoms with van der Waals surface area (Å²) in [6, 6.07) is 7.73. The van der Waals surface area contributed by atoms with Crippen LogP contribution in [0.4, 0.5) is 0 Å². The van der Waals surface area contributed by atoms with E-state index in [9.17, 15) is 0 Å². The van der Waals surface area contributed by atoms with Gasteiger partial charge in [-0.3, -0.25) is 0 Å². The van der Waals surface area contributed by atoms with Gasteiger partial charge in [0.25, 0.3) is 0 Å². The first kappa shape index (κ1) is 10.1. The quantitative estimate of drug-likeness (QED) is 0.799. The van der Waals surface area contributed by atoms with Crippen molar-refractivity contribution in [2.45, 2.75) is 37.8 Å². The number of rotatable bonds is 2. The maximum atomic E-state index is 3.60. The van der Waals surface area contributed by atoms with Crippen LogP contribution in [-0.2, 0) is 0 Å². The van der Waals surface area contributed by atoms with E-state index >= 15 is 0 Å². The Hall–Kier alpha value is -0.470. The Morgan fingerprint density at radius 3 is 2.93 bits per heavy atom.